The van der Waals surface area contributed by atoms with Crippen LogP contribution in [-0.2, 0) is 14.3 Å². The molecule has 2 fully saturated rings. The molecule has 0 radical (unpaired) electrons. The Morgan fingerprint density at radius 1 is 0.929 bits per heavy atom. The van der Waals surface area contributed by atoms with Gasteiger partial charge >= 0.3 is 12.1 Å². The predicted octanol–water partition coefficient (Wildman–Crippen LogP) is 2.98. The van der Waals surface area contributed by atoms with E-state index < -0.39 is 29.7 Å². The highest BCUT2D eigenvalue weighted by Gasteiger charge is 2.43. The van der Waals surface area contributed by atoms with Crippen LogP contribution in [0.15, 0.2) is 30.3 Å². The van der Waals surface area contributed by atoms with Crippen molar-refractivity contribution in [3.8, 4) is 5.75 Å². The van der Waals surface area contributed by atoms with Gasteiger partial charge in [-0.2, -0.15) is 0 Å². The first-order valence-electron chi connectivity index (χ1n) is 9.83. The van der Waals surface area contributed by atoms with Crippen LogP contribution < -0.4 is 4.74 Å². The molecule has 3 rings (SSSR count). The van der Waals surface area contributed by atoms with E-state index in [2.05, 4.69) is 0 Å². The smallest absolute Gasteiger partial charge is 0.410 e. The lowest BCUT2D eigenvalue weighted by molar-refractivity contribution is -0.148. The first kappa shape index (κ1) is 20.2. The van der Waals surface area contributed by atoms with Gasteiger partial charge < -0.3 is 14.4 Å². The van der Waals surface area contributed by atoms with E-state index in [0.717, 1.165) is 12.8 Å². The Labute approximate surface area is 165 Å². The number of carbonyl (C=O) groups is 3. The molecule has 2 saturated heterocycles. The van der Waals surface area contributed by atoms with Crippen molar-refractivity contribution in [3.63, 3.8) is 0 Å². The van der Waals surface area contributed by atoms with Gasteiger partial charge in [-0.05, 0) is 58.6 Å². The minimum atomic E-state index is -0.622. The summed E-state index contributed by atoms with van der Waals surface area (Å²) in [6.45, 7) is 6.38. The van der Waals surface area contributed by atoms with Gasteiger partial charge in [0, 0.05) is 13.1 Å². The van der Waals surface area contributed by atoms with Crippen LogP contribution in [0.2, 0.25) is 0 Å². The maximum absolute atomic E-state index is 13.2. The second-order valence-electron chi connectivity index (χ2n) is 8.26. The summed E-state index contributed by atoms with van der Waals surface area (Å²) >= 11 is 0. The van der Waals surface area contributed by atoms with Gasteiger partial charge in [-0.15, -0.1) is 0 Å². The van der Waals surface area contributed by atoms with Gasteiger partial charge in [0.05, 0.1) is 0 Å². The van der Waals surface area contributed by atoms with Crippen LogP contribution in [0.25, 0.3) is 0 Å². The number of nitrogens with zero attached hydrogens (tertiary/aromatic N) is 2. The van der Waals surface area contributed by atoms with Crippen molar-refractivity contribution in [2.75, 3.05) is 13.1 Å². The molecule has 2 aliphatic heterocycles. The fourth-order valence-electron chi connectivity index (χ4n) is 3.70. The largest absolute Gasteiger partial charge is 0.444 e. The fraction of sp³-hybridized carbons (Fsp3) is 0.571. The molecule has 0 N–H and O–H groups in total. The standard InChI is InChI=1S/C21H28N2O5/c1-21(2,3)28-20(26)23-14-7-11-16(23)18(24)22-13-8-12-17(22)19(25)27-15-9-5-4-6-10-15/h4-6,9-10,16-17H,7-8,11-14H2,1-3H3/t16-,17+/m0/s1. The molecule has 2 atom stereocenters. The monoisotopic (exact) mass is 388 g/mol. The molecule has 0 aliphatic carbocycles. The van der Waals surface area contributed by atoms with Crippen LogP contribution in [-0.4, -0.2) is 58.5 Å². The van der Waals surface area contributed by atoms with Gasteiger partial charge in [-0.25, -0.2) is 9.59 Å². The lowest BCUT2D eigenvalue weighted by atomic mass is 10.1. The second kappa shape index (κ2) is 8.20. The summed E-state index contributed by atoms with van der Waals surface area (Å²) in [5.74, 6) is -0.169. The summed E-state index contributed by atoms with van der Waals surface area (Å²) in [5.41, 5.74) is -0.622. The average Bonchev–Trinajstić information content (AvgIpc) is 3.30. The van der Waals surface area contributed by atoms with Gasteiger partial charge in [0.1, 0.15) is 23.4 Å². The Kier molecular flexibility index (Phi) is 5.91. The third kappa shape index (κ3) is 4.64. The molecule has 0 bridgehead atoms. The summed E-state index contributed by atoms with van der Waals surface area (Å²) in [7, 11) is 0. The van der Waals surface area contributed by atoms with Gasteiger partial charge in [0.15, 0.2) is 0 Å². The Bertz CT molecular complexity index is 728. The van der Waals surface area contributed by atoms with Crippen LogP contribution in [0.5, 0.6) is 5.75 Å². The second-order valence-corrected chi connectivity index (χ2v) is 8.26. The number of rotatable bonds is 3. The number of para-hydroxylation sites is 1. The molecule has 152 valence electrons. The molecule has 2 aliphatic rings. The Hall–Kier alpha value is -2.57. The maximum Gasteiger partial charge on any atom is 0.410 e. The molecule has 28 heavy (non-hydrogen) atoms. The van der Waals surface area contributed by atoms with Gasteiger partial charge in [-0.3, -0.25) is 9.69 Å². The van der Waals surface area contributed by atoms with Gasteiger partial charge in [0.25, 0.3) is 0 Å². The third-order valence-corrected chi connectivity index (χ3v) is 4.94. The fourth-order valence-corrected chi connectivity index (χ4v) is 3.70. The number of carbonyl (C=O) groups excluding carboxylic acids is 3. The minimum absolute atomic E-state index is 0.198. The number of esters is 1. The zero-order chi connectivity index (χ0) is 20.3. The number of likely N-dealkylation sites (tertiary alicyclic amines) is 2. The van der Waals surface area contributed by atoms with Crippen molar-refractivity contribution in [1.29, 1.82) is 0 Å². The topological polar surface area (TPSA) is 76.2 Å². The van der Waals surface area contributed by atoms with Crippen LogP contribution >= 0.6 is 0 Å². The summed E-state index contributed by atoms with van der Waals surface area (Å²) < 4.78 is 10.9. The van der Waals surface area contributed by atoms with E-state index in [0.29, 0.717) is 31.7 Å². The quantitative estimate of drug-likeness (QED) is 0.588. The summed E-state index contributed by atoms with van der Waals surface area (Å²) in [6.07, 6.45) is 2.14. The van der Waals surface area contributed by atoms with Crippen molar-refractivity contribution >= 4 is 18.0 Å². The number of ether oxygens (including phenoxy) is 2. The minimum Gasteiger partial charge on any atom is -0.444 e. The van der Waals surface area contributed by atoms with E-state index in [4.69, 9.17) is 9.47 Å². The average molecular weight is 388 g/mol. The van der Waals surface area contributed by atoms with E-state index in [1.54, 1.807) is 49.9 Å². The number of hydrogen-bond acceptors (Lipinski definition) is 5. The molecule has 2 amide bonds. The molecule has 2 heterocycles. The molecular formula is C21H28N2O5. The van der Waals surface area contributed by atoms with E-state index in [-0.39, 0.29) is 5.91 Å². The highest BCUT2D eigenvalue weighted by Crippen LogP contribution is 2.27. The van der Waals surface area contributed by atoms with E-state index in [1.807, 2.05) is 6.07 Å². The number of amides is 2. The van der Waals surface area contributed by atoms with Crippen LogP contribution in [0.3, 0.4) is 0 Å². The van der Waals surface area contributed by atoms with Crippen LogP contribution in [0.4, 0.5) is 4.79 Å². The summed E-state index contributed by atoms with van der Waals surface area (Å²) in [5, 5.41) is 0. The van der Waals surface area contributed by atoms with E-state index >= 15 is 0 Å². The SMILES string of the molecule is CC(C)(C)OC(=O)N1CCC[C@H]1C(=O)N1CCC[C@@H]1C(=O)Oc1ccccc1. The lowest BCUT2D eigenvalue weighted by Gasteiger charge is -2.31. The molecule has 7 nitrogen and oxygen atoms in total. The first-order valence-corrected chi connectivity index (χ1v) is 9.83. The summed E-state index contributed by atoms with van der Waals surface area (Å²) in [6, 6.07) is 7.64. The highest BCUT2D eigenvalue weighted by molar-refractivity contribution is 5.91. The molecular weight excluding hydrogens is 360 g/mol. The Balaban J connectivity index is 1.68. The molecule has 0 spiro atoms. The predicted molar refractivity (Wildman–Crippen MR) is 103 cm³/mol. The maximum atomic E-state index is 13.2. The first-order chi connectivity index (χ1) is 13.3. The lowest BCUT2D eigenvalue weighted by Crippen LogP contribution is -2.52. The zero-order valence-electron chi connectivity index (χ0n) is 16.7. The Morgan fingerprint density at radius 3 is 2.18 bits per heavy atom. The zero-order valence-corrected chi connectivity index (χ0v) is 16.7. The molecule has 1 aromatic carbocycles. The third-order valence-electron chi connectivity index (χ3n) is 4.94. The number of hydrogen-bond donors (Lipinski definition) is 0. The van der Waals surface area contributed by atoms with Gasteiger partial charge in [0.2, 0.25) is 5.91 Å². The van der Waals surface area contributed by atoms with Crippen molar-refractivity contribution in [3.05, 3.63) is 30.3 Å². The molecule has 0 aromatic heterocycles. The van der Waals surface area contributed by atoms with Crippen LogP contribution in [0.1, 0.15) is 46.5 Å². The molecule has 7 heteroatoms. The Morgan fingerprint density at radius 2 is 1.54 bits per heavy atom. The molecule has 1 aromatic rings. The van der Waals surface area contributed by atoms with Gasteiger partial charge in [-0.1, -0.05) is 18.2 Å². The molecule has 0 saturated carbocycles. The van der Waals surface area contributed by atoms with Crippen molar-refractivity contribution in [2.24, 2.45) is 0 Å². The summed E-state index contributed by atoms with van der Waals surface area (Å²) in [4.78, 5) is 41.3. The normalized spacial score (nSPS) is 22.2. The van der Waals surface area contributed by atoms with E-state index in [1.165, 1.54) is 4.90 Å². The van der Waals surface area contributed by atoms with Crippen molar-refractivity contribution in [2.45, 2.75) is 64.1 Å². The van der Waals surface area contributed by atoms with E-state index in [9.17, 15) is 14.4 Å². The highest BCUT2D eigenvalue weighted by atomic mass is 16.6. The van der Waals surface area contributed by atoms with Crippen molar-refractivity contribution in [1.82, 2.24) is 9.80 Å². The van der Waals surface area contributed by atoms with Crippen molar-refractivity contribution < 1.29 is 23.9 Å². The van der Waals surface area contributed by atoms with Crippen LogP contribution in [0, 0.1) is 0 Å². The molecule has 0 unspecified atom stereocenters. The number of benzene rings is 1.